The predicted molar refractivity (Wildman–Crippen MR) is 85.9 cm³/mol. The third-order valence-corrected chi connectivity index (χ3v) is 3.74. The molecule has 0 amide bonds. The van der Waals surface area contributed by atoms with Gasteiger partial charge in [0.25, 0.3) is 0 Å². The number of hydrogen-bond donors (Lipinski definition) is 2. The average molecular weight is 332 g/mol. The number of halogens is 3. The van der Waals surface area contributed by atoms with Crippen LogP contribution in [0.25, 0.3) is 0 Å². The molecule has 0 fully saturated rings. The van der Waals surface area contributed by atoms with Gasteiger partial charge in [-0.2, -0.15) is 0 Å². The molecule has 6 heteroatoms. The van der Waals surface area contributed by atoms with Gasteiger partial charge in [0, 0.05) is 22.7 Å². The van der Waals surface area contributed by atoms with Crippen molar-refractivity contribution < 1.29 is 4.84 Å². The highest BCUT2D eigenvalue weighted by Crippen LogP contribution is 2.27. The SMILES string of the molecule is CNc1cc(NOCc2c(Cl)cccc2Cl)ccc1Cl. The van der Waals surface area contributed by atoms with Gasteiger partial charge in [0.1, 0.15) is 6.61 Å². The number of rotatable bonds is 5. The molecule has 2 rings (SSSR count). The summed E-state index contributed by atoms with van der Waals surface area (Å²) in [6.07, 6.45) is 0. The summed E-state index contributed by atoms with van der Waals surface area (Å²) in [6, 6.07) is 10.8. The second-order valence-corrected chi connectivity index (χ2v) is 5.26. The summed E-state index contributed by atoms with van der Waals surface area (Å²) in [5.41, 5.74) is 5.17. The first-order valence-electron chi connectivity index (χ1n) is 5.90. The standard InChI is InChI=1S/C14H13Cl3N2O/c1-18-14-7-9(5-6-13(14)17)19-20-8-10-11(15)3-2-4-12(10)16/h2-7,18-19H,8H2,1H3. The van der Waals surface area contributed by atoms with E-state index in [4.69, 9.17) is 39.6 Å². The van der Waals surface area contributed by atoms with Crippen LogP contribution in [0, 0.1) is 0 Å². The molecule has 0 atom stereocenters. The van der Waals surface area contributed by atoms with Crippen LogP contribution in [0.1, 0.15) is 5.56 Å². The lowest BCUT2D eigenvalue weighted by atomic mass is 10.2. The van der Waals surface area contributed by atoms with E-state index in [9.17, 15) is 0 Å². The highest BCUT2D eigenvalue weighted by Gasteiger charge is 2.06. The van der Waals surface area contributed by atoms with E-state index in [0.717, 1.165) is 16.9 Å². The Morgan fingerprint density at radius 3 is 2.35 bits per heavy atom. The van der Waals surface area contributed by atoms with Crippen LogP contribution < -0.4 is 10.8 Å². The van der Waals surface area contributed by atoms with Crippen molar-refractivity contribution in [1.82, 2.24) is 0 Å². The number of hydrogen-bond acceptors (Lipinski definition) is 3. The van der Waals surface area contributed by atoms with Gasteiger partial charge < -0.3 is 5.32 Å². The van der Waals surface area contributed by atoms with Crippen molar-refractivity contribution in [1.29, 1.82) is 0 Å². The van der Waals surface area contributed by atoms with Crippen molar-refractivity contribution in [3.05, 3.63) is 57.0 Å². The third-order valence-electron chi connectivity index (χ3n) is 2.70. The molecule has 0 aliphatic rings. The summed E-state index contributed by atoms with van der Waals surface area (Å²) < 4.78 is 0. The minimum atomic E-state index is 0.260. The minimum Gasteiger partial charge on any atom is -0.387 e. The Morgan fingerprint density at radius 1 is 1.00 bits per heavy atom. The first-order valence-corrected chi connectivity index (χ1v) is 7.03. The zero-order valence-electron chi connectivity index (χ0n) is 10.7. The van der Waals surface area contributed by atoms with E-state index < -0.39 is 0 Å². The van der Waals surface area contributed by atoms with E-state index >= 15 is 0 Å². The molecule has 0 saturated heterocycles. The molecule has 3 nitrogen and oxygen atoms in total. The molecule has 2 aromatic carbocycles. The molecule has 0 aliphatic carbocycles. The molecule has 0 aromatic heterocycles. The van der Waals surface area contributed by atoms with Crippen LogP contribution in [0.3, 0.4) is 0 Å². The van der Waals surface area contributed by atoms with Crippen LogP contribution >= 0.6 is 34.8 Å². The molecule has 0 heterocycles. The smallest absolute Gasteiger partial charge is 0.103 e. The highest BCUT2D eigenvalue weighted by molar-refractivity contribution is 6.36. The third kappa shape index (κ3) is 3.70. The zero-order valence-corrected chi connectivity index (χ0v) is 13.0. The van der Waals surface area contributed by atoms with Crippen molar-refractivity contribution in [2.24, 2.45) is 0 Å². The summed E-state index contributed by atoms with van der Waals surface area (Å²) in [5.74, 6) is 0. The maximum absolute atomic E-state index is 6.06. The summed E-state index contributed by atoms with van der Waals surface area (Å²) in [7, 11) is 1.80. The van der Waals surface area contributed by atoms with Gasteiger partial charge in [0.2, 0.25) is 0 Å². The fourth-order valence-electron chi connectivity index (χ4n) is 1.64. The fourth-order valence-corrected chi connectivity index (χ4v) is 2.36. The van der Waals surface area contributed by atoms with Gasteiger partial charge in [-0.25, -0.2) is 0 Å². The van der Waals surface area contributed by atoms with E-state index in [1.807, 2.05) is 12.1 Å². The second-order valence-electron chi connectivity index (χ2n) is 4.04. The van der Waals surface area contributed by atoms with E-state index in [1.165, 1.54) is 0 Å². The molecule has 0 radical (unpaired) electrons. The van der Waals surface area contributed by atoms with Crippen molar-refractivity contribution >= 4 is 46.2 Å². The molecule has 106 valence electrons. The topological polar surface area (TPSA) is 33.3 Å². The van der Waals surface area contributed by atoms with Crippen LogP contribution in [-0.2, 0) is 11.4 Å². The number of nitrogens with one attached hydrogen (secondary N) is 2. The molecule has 0 unspecified atom stereocenters. The van der Waals surface area contributed by atoms with Gasteiger partial charge in [-0.1, -0.05) is 40.9 Å². The Labute approximate surface area is 132 Å². The van der Waals surface area contributed by atoms with Crippen molar-refractivity contribution in [2.45, 2.75) is 6.61 Å². The minimum absolute atomic E-state index is 0.260. The molecule has 0 bridgehead atoms. The molecule has 20 heavy (non-hydrogen) atoms. The normalized spacial score (nSPS) is 10.4. The first-order chi connectivity index (χ1) is 9.61. The number of benzene rings is 2. The zero-order chi connectivity index (χ0) is 14.5. The summed E-state index contributed by atoms with van der Waals surface area (Å²) in [5, 5.41) is 4.79. The fraction of sp³-hybridized carbons (Fsp3) is 0.143. The van der Waals surface area contributed by atoms with Crippen molar-refractivity contribution in [3.8, 4) is 0 Å². The highest BCUT2D eigenvalue weighted by atomic mass is 35.5. The lowest BCUT2D eigenvalue weighted by molar-refractivity contribution is 0.180. The number of anilines is 2. The van der Waals surface area contributed by atoms with E-state index in [0.29, 0.717) is 15.1 Å². The molecular weight excluding hydrogens is 319 g/mol. The lowest BCUT2D eigenvalue weighted by Gasteiger charge is -2.11. The summed E-state index contributed by atoms with van der Waals surface area (Å²) in [4.78, 5) is 5.42. The molecule has 0 spiro atoms. The van der Waals surface area contributed by atoms with E-state index in [1.54, 1.807) is 31.3 Å². The maximum Gasteiger partial charge on any atom is 0.103 e. The molecule has 0 aliphatic heterocycles. The first kappa shape index (κ1) is 15.3. The van der Waals surface area contributed by atoms with E-state index in [2.05, 4.69) is 10.8 Å². The van der Waals surface area contributed by atoms with Crippen LogP contribution in [-0.4, -0.2) is 7.05 Å². The van der Waals surface area contributed by atoms with Gasteiger partial charge in [0.15, 0.2) is 0 Å². The van der Waals surface area contributed by atoms with E-state index in [-0.39, 0.29) is 6.61 Å². The molecule has 2 aromatic rings. The van der Waals surface area contributed by atoms with Gasteiger partial charge in [-0.05, 0) is 30.3 Å². The molecule has 2 N–H and O–H groups in total. The lowest BCUT2D eigenvalue weighted by Crippen LogP contribution is -2.03. The van der Waals surface area contributed by atoms with Gasteiger partial charge >= 0.3 is 0 Å². The Balaban J connectivity index is 1.99. The van der Waals surface area contributed by atoms with Crippen LogP contribution in [0.2, 0.25) is 15.1 Å². The van der Waals surface area contributed by atoms with Crippen molar-refractivity contribution in [2.75, 3.05) is 17.8 Å². The van der Waals surface area contributed by atoms with Crippen LogP contribution in [0.5, 0.6) is 0 Å². The predicted octanol–water partition coefficient (Wildman–Crippen LogP) is 5.23. The van der Waals surface area contributed by atoms with Gasteiger partial charge in [0.05, 0.1) is 16.4 Å². The average Bonchev–Trinajstić information content (AvgIpc) is 2.44. The molecule has 0 saturated carbocycles. The van der Waals surface area contributed by atoms with Crippen molar-refractivity contribution in [3.63, 3.8) is 0 Å². The largest absolute Gasteiger partial charge is 0.387 e. The molecular formula is C14H13Cl3N2O. The Hall–Kier alpha value is -1.13. The van der Waals surface area contributed by atoms with Gasteiger partial charge in [-0.15, -0.1) is 0 Å². The second kappa shape index (κ2) is 7.04. The quantitative estimate of drug-likeness (QED) is 0.736. The van der Waals surface area contributed by atoms with Gasteiger partial charge in [-0.3, -0.25) is 10.3 Å². The Morgan fingerprint density at radius 2 is 1.70 bits per heavy atom. The van der Waals surface area contributed by atoms with Crippen LogP contribution in [0.4, 0.5) is 11.4 Å². The van der Waals surface area contributed by atoms with Crippen LogP contribution in [0.15, 0.2) is 36.4 Å². The summed E-state index contributed by atoms with van der Waals surface area (Å²) in [6.45, 7) is 0.260. The Kier molecular flexibility index (Phi) is 5.38. The maximum atomic E-state index is 6.06. The summed E-state index contributed by atoms with van der Waals surface area (Å²) >= 11 is 18.1. The monoisotopic (exact) mass is 330 g/mol. The Bertz CT molecular complexity index is 585.